The lowest BCUT2D eigenvalue weighted by Crippen LogP contribution is -2.45. The zero-order valence-corrected chi connectivity index (χ0v) is 25.9. The van der Waals surface area contributed by atoms with E-state index in [4.69, 9.17) is 25.8 Å². The molecule has 0 radical (unpaired) electrons. The summed E-state index contributed by atoms with van der Waals surface area (Å²) in [5, 5.41) is 18.9. The van der Waals surface area contributed by atoms with Gasteiger partial charge >= 0.3 is 6.18 Å². The Hall–Kier alpha value is -4.02. The lowest BCUT2D eigenvalue weighted by molar-refractivity contribution is -0.154. The van der Waals surface area contributed by atoms with Crippen LogP contribution in [-0.4, -0.2) is 96.1 Å². The van der Waals surface area contributed by atoms with E-state index in [1.807, 2.05) is 13.0 Å². The van der Waals surface area contributed by atoms with Crippen molar-refractivity contribution in [2.24, 2.45) is 0 Å². The second kappa shape index (κ2) is 14.2. The number of aromatic nitrogens is 8. The van der Waals surface area contributed by atoms with Gasteiger partial charge in [-0.2, -0.15) is 13.2 Å². The molecule has 0 amide bonds. The van der Waals surface area contributed by atoms with Gasteiger partial charge in [-0.25, -0.2) is 14.6 Å². The van der Waals surface area contributed by atoms with Crippen LogP contribution >= 0.6 is 11.6 Å². The molecule has 2 aliphatic rings. The van der Waals surface area contributed by atoms with E-state index >= 15 is 0 Å². The number of alkyl halides is 3. The Morgan fingerprint density at radius 2 is 1.80 bits per heavy atom. The Kier molecular flexibility index (Phi) is 9.84. The second-order valence-corrected chi connectivity index (χ2v) is 11.8. The number of hydrogen-bond donors (Lipinski definition) is 1. The minimum atomic E-state index is -4.51. The van der Waals surface area contributed by atoms with Gasteiger partial charge < -0.3 is 19.5 Å². The number of nitrogens with zero attached hydrogens (tertiary/aromatic N) is 9. The van der Waals surface area contributed by atoms with E-state index in [0.717, 1.165) is 57.6 Å². The van der Waals surface area contributed by atoms with Crippen LogP contribution in [0.4, 0.5) is 24.8 Å². The molecule has 46 heavy (non-hydrogen) atoms. The van der Waals surface area contributed by atoms with Crippen LogP contribution in [0.5, 0.6) is 11.6 Å². The number of tetrazole rings is 1. The molecule has 0 spiro atoms. The van der Waals surface area contributed by atoms with E-state index in [1.165, 1.54) is 6.33 Å². The number of benzene rings is 1. The Labute approximate surface area is 268 Å². The van der Waals surface area contributed by atoms with Crippen molar-refractivity contribution in [1.82, 2.24) is 44.9 Å². The van der Waals surface area contributed by atoms with Crippen LogP contribution in [0.3, 0.4) is 0 Å². The SMILES string of the molecule is C[C@@H](Cn1cnnn1)Oc1cc(-c2cnc(Nc3cn(C4CCC(N5CCOCC5)CC4)nc3OCC(F)(F)F)nc2)ccc1Cl. The van der Waals surface area contributed by atoms with Crippen molar-refractivity contribution < 1.29 is 27.4 Å². The minimum absolute atomic E-state index is 0.0429. The van der Waals surface area contributed by atoms with Crippen LogP contribution in [0.1, 0.15) is 38.6 Å². The first-order valence-corrected chi connectivity index (χ1v) is 15.4. The molecule has 4 aromatic rings. The molecular formula is C29H34ClF3N10O3. The Morgan fingerprint density at radius 1 is 1.07 bits per heavy atom. The molecule has 1 saturated carbocycles. The number of halogens is 4. The quantitative estimate of drug-likeness (QED) is 0.234. The molecule has 3 aromatic heterocycles. The molecular weight excluding hydrogens is 629 g/mol. The normalized spacial score (nSPS) is 19.9. The number of ether oxygens (including phenoxy) is 3. The Bertz CT molecular complexity index is 1560. The molecule has 0 unspecified atom stereocenters. The van der Waals surface area contributed by atoms with Crippen LogP contribution in [0.25, 0.3) is 11.1 Å². The van der Waals surface area contributed by atoms with Gasteiger partial charge in [0.05, 0.1) is 37.0 Å². The summed E-state index contributed by atoms with van der Waals surface area (Å²) in [5.74, 6) is 0.493. The van der Waals surface area contributed by atoms with Gasteiger partial charge in [-0.05, 0) is 60.7 Å². The molecule has 246 valence electrons. The summed E-state index contributed by atoms with van der Waals surface area (Å²) in [6.45, 7) is 4.18. The smallest absolute Gasteiger partial charge is 0.422 e. The van der Waals surface area contributed by atoms with Gasteiger partial charge in [0.1, 0.15) is 23.9 Å². The molecule has 17 heteroatoms. The van der Waals surface area contributed by atoms with Crippen molar-refractivity contribution in [2.75, 3.05) is 38.2 Å². The molecule has 1 saturated heterocycles. The van der Waals surface area contributed by atoms with Crippen molar-refractivity contribution >= 4 is 23.2 Å². The van der Waals surface area contributed by atoms with E-state index in [0.29, 0.717) is 28.9 Å². The van der Waals surface area contributed by atoms with Gasteiger partial charge in [-0.1, -0.05) is 17.7 Å². The van der Waals surface area contributed by atoms with Gasteiger partial charge in [-0.3, -0.25) is 9.58 Å². The van der Waals surface area contributed by atoms with Crippen LogP contribution < -0.4 is 14.8 Å². The topological polar surface area (TPSA) is 130 Å². The van der Waals surface area contributed by atoms with Gasteiger partial charge in [0, 0.05) is 37.1 Å². The summed E-state index contributed by atoms with van der Waals surface area (Å²) in [6.07, 6.45) is 5.25. The van der Waals surface area contributed by atoms with E-state index in [2.05, 4.69) is 40.8 Å². The van der Waals surface area contributed by atoms with Crippen LogP contribution in [0.15, 0.2) is 43.1 Å². The van der Waals surface area contributed by atoms with E-state index < -0.39 is 12.8 Å². The third-order valence-electron chi connectivity index (χ3n) is 8.00. The molecule has 13 nitrogen and oxygen atoms in total. The summed E-state index contributed by atoms with van der Waals surface area (Å²) in [7, 11) is 0. The zero-order valence-electron chi connectivity index (χ0n) is 25.1. The standard InChI is InChI=1S/C29H34ClF3N10O3/c1-19(15-42-18-36-39-40-42)46-26-12-20(2-7-24(26)30)21-13-34-28(35-14-21)37-25-16-43(38-27(25)45-17-29(31,32)33)23-5-3-22(4-6-23)41-8-10-44-11-9-41/h2,7,12-14,16,18-19,22-23H,3-6,8-11,15,17H2,1H3,(H,34,35,37)/t19-,22?,23?/m0/s1. The maximum absolute atomic E-state index is 13.1. The summed E-state index contributed by atoms with van der Waals surface area (Å²) in [5.41, 5.74) is 1.70. The highest BCUT2D eigenvalue weighted by Crippen LogP contribution is 2.36. The Morgan fingerprint density at radius 3 is 2.50 bits per heavy atom. The summed E-state index contributed by atoms with van der Waals surface area (Å²) in [4.78, 5) is 11.3. The van der Waals surface area contributed by atoms with Gasteiger partial charge in [-0.15, -0.1) is 10.2 Å². The van der Waals surface area contributed by atoms with Crippen molar-refractivity contribution in [2.45, 2.75) is 63.5 Å². The molecule has 0 bridgehead atoms. The summed E-state index contributed by atoms with van der Waals surface area (Å²) < 4.78 is 59.0. The highest BCUT2D eigenvalue weighted by Gasteiger charge is 2.32. The summed E-state index contributed by atoms with van der Waals surface area (Å²) >= 11 is 6.38. The van der Waals surface area contributed by atoms with Crippen molar-refractivity contribution in [3.63, 3.8) is 0 Å². The molecule has 1 aliphatic carbocycles. The third-order valence-corrected chi connectivity index (χ3v) is 8.31. The maximum atomic E-state index is 13.1. The van der Waals surface area contributed by atoms with E-state index in [9.17, 15) is 13.2 Å². The lowest BCUT2D eigenvalue weighted by atomic mass is 9.90. The van der Waals surface area contributed by atoms with Crippen LogP contribution in [-0.2, 0) is 11.3 Å². The first-order chi connectivity index (χ1) is 22.2. The molecule has 1 N–H and O–H groups in total. The Balaban J connectivity index is 1.13. The lowest BCUT2D eigenvalue weighted by Gasteiger charge is -2.38. The average Bonchev–Trinajstić information content (AvgIpc) is 3.72. The molecule has 1 atom stereocenters. The first-order valence-electron chi connectivity index (χ1n) is 15.1. The van der Waals surface area contributed by atoms with Crippen molar-refractivity contribution in [1.29, 1.82) is 0 Å². The fraction of sp³-hybridized carbons (Fsp3) is 0.517. The molecule has 6 rings (SSSR count). The van der Waals surface area contributed by atoms with Crippen molar-refractivity contribution in [3.05, 3.63) is 48.1 Å². The van der Waals surface area contributed by atoms with Gasteiger partial charge in [0.2, 0.25) is 5.95 Å². The molecule has 1 aliphatic heterocycles. The minimum Gasteiger partial charge on any atom is -0.487 e. The van der Waals surface area contributed by atoms with Crippen LogP contribution in [0.2, 0.25) is 5.02 Å². The number of nitrogens with one attached hydrogen (secondary N) is 1. The molecule has 4 heterocycles. The molecule has 2 fully saturated rings. The fourth-order valence-corrected chi connectivity index (χ4v) is 5.91. The second-order valence-electron chi connectivity index (χ2n) is 11.4. The average molecular weight is 663 g/mol. The number of morpholine rings is 1. The highest BCUT2D eigenvalue weighted by atomic mass is 35.5. The highest BCUT2D eigenvalue weighted by molar-refractivity contribution is 6.32. The first kappa shape index (κ1) is 31.9. The van der Waals surface area contributed by atoms with Crippen molar-refractivity contribution in [3.8, 4) is 22.8 Å². The largest absolute Gasteiger partial charge is 0.487 e. The van der Waals surface area contributed by atoms with E-state index in [-0.39, 0.29) is 29.7 Å². The summed E-state index contributed by atoms with van der Waals surface area (Å²) in [6, 6.07) is 5.83. The predicted octanol–water partition coefficient (Wildman–Crippen LogP) is 4.95. The maximum Gasteiger partial charge on any atom is 0.422 e. The monoisotopic (exact) mass is 662 g/mol. The zero-order chi connectivity index (χ0) is 32.1. The fourth-order valence-electron chi connectivity index (χ4n) is 5.75. The predicted molar refractivity (Wildman–Crippen MR) is 161 cm³/mol. The number of anilines is 2. The molecule has 1 aromatic carbocycles. The third kappa shape index (κ3) is 8.22. The number of hydrogen-bond acceptors (Lipinski definition) is 11. The van der Waals surface area contributed by atoms with Crippen LogP contribution in [0, 0.1) is 0 Å². The van der Waals surface area contributed by atoms with Gasteiger partial charge in [0.25, 0.3) is 5.88 Å². The number of rotatable bonds is 11. The van der Waals surface area contributed by atoms with Gasteiger partial charge in [0.15, 0.2) is 6.61 Å². The van der Waals surface area contributed by atoms with E-state index in [1.54, 1.807) is 40.1 Å².